The fourth-order valence-electron chi connectivity index (χ4n) is 1.40. The molecule has 72 valence electrons. The van der Waals surface area contributed by atoms with Gasteiger partial charge >= 0.3 is 0 Å². The summed E-state index contributed by atoms with van der Waals surface area (Å²) < 4.78 is 5.41. The average Bonchev–Trinajstić information content (AvgIpc) is 2.32. The molecule has 3 nitrogen and oxygen atoms in total. The molecule has 3 heteroatoms. The van der Waals surface area contributed by atoms with E-state index in [2.05, 4.69) is 5.32 Å². The van der Waals surface area contributed by atoms with E-state index in [1.165, 1.54) is 0 Å². The Labute approximate surface area is 74.1 Å². The van der Waals surface area contributed by atoms with E-state index in [0.717, 1.165) is 19.4 Å². The zero-order chi connectivity index (χ0) is 9.19. The molecule has 1 fully saturated rings. The van der Waals surface area contributed by atoms with Crippen LogP contribution in [-0.2, 0) is 4.74 Å². The van der Waals surface area contributed by atoms with E-state index in [9.17, 15) is 5.11 Å². The topological polar surface area (TPSA) is 41.5 Å². The Hall–Kier alpha value is -0.120. The molecule has 2 unspecified atom stereocenters. The van der Waals surface area contributed by atoms with Gasteiger partial charge in [-0.3, -0.25) is 0 Å². The molecular formula is C9H19NO2. The van der Waals surface area contributed by atoms with E-state index in [4.69, 9.17) is 4.74 Å². The third-order valence-electron chi connectivity index (χ3n) is 1.92. The van der Waals surface area contributed by atoms with Gasteiger partial charge < -0.3 is 15.2 Å². The van der Waals surface area contributed by atoms with Crippen molar-refractivity contribution < 1.29 is 9.84 Å². The van der Waals surface area contributed by atoms with E-state index < -0.39 is 6.29 Å². The maximum Gasteiger partial charge on any atom is 0.170 e. The number of rotatable bonds is 2. The van der Waals surface area contributed by atoms with Crippen LogP contribution in [0.25, 0.3) is 0 Å². The predicted octanol–water partition coefficient (Wildman–Crippen LogP) is 0.872. The standard InChI is InChI=1S/C9H19NO2/c1-9(2,3)12-8(11)7-5-4-6-10-7/h7-8,10-11H,4-6H2,1-3H3. The minimum atomic E-state index is -0.660. The lowest BCUT2D eigenvalue weighted by Gasteiger charge is -2.27. The summed E-state index contributed by atoms with van der Waals surface area (Å²) in [5.74, 6) is 0. The van der Waals surface area contributed by atoms with Crippen LogP contribution in [0.2, 0.25) is 0 Å². The molecule has 1 saturated heterocycles. The maximum absolute atomic E-state index is 9.60. The van der Waals surface area contributed by atoms with Gasteiger partial charge in [-0.1, -0.05) is 0 Å². The second-order valence-electron chi connectivity index (χ2n) is 4.32. The molecule has 0 bridgehead atoms. The molecular weight excluding hydrogens is 154 g/mol. The molecule has 0 aromatic rings. The minimum Gasteiger partial charge on any atom is -0.367 e. The van der Waals surface area contributed by atoms with Gasteiger partial charge in [0.15, 0.2) is 6.29 Å². The van der Waals surface area contributed by atoms with Gasteiger partial charge in [0.25, 0.3) is 0 Å². The molecule has 2 atom stereocenters. The van der Waals surface area contributed by atoms with Gasteiger partial charge in [-0.2, -0.15) is 0 Å². The monoisotopic (exact) mass is 173 g/mol. The van der Waals surface area contributed by atoms with Crippen LogP contribution in [-0.4, -0.2) is 29.6 Å². The van der Waals surface area contributed by atoms with Crippen molar-refractivity contribution >= 4 is 0 Å². The summed E-state index contributed by atoms with van der Waals surface area (Å²) in [6.45, 7) is 6.84. The quantitative estimate of drug-likeness (QED) is 0.609. The summed E-state index contributed by atoms with van der Waals surface area (Å²) in [7, 11) is 0. The Bertz CT molecular complexity index is 136. The van der Waals surface area contributed by atoms with Gasteiger partial charge in [-0.15, -0.1) is 0 Å². The van der Waals surface area contributed by atoms with Crippen LogP contribution in [0.4, 0.5) is 0 Å². The number of hydrogen-bond donors (Lipinski definition) is 2. The minimum absolute atomic E-state index is 0.129. The van der Waals surface area contributed by atoms with Crippen molar-refractivity contribution in [3.05, 3.63) is 0 Å². The molecule has 0 amide bonds. The van der Waals surface area contributed by atoms with Crippen molar-refractivity contribution in [2.24, 2.45) is 0 Å². The van der Waals surface area contributed by atoms with E-state index >= 15 is 0 Å². The average molecular weight is 173 g/mol. The lowest BCUT2D eigenvalue weighted by molar-refractivity contribution is -0.177. The van der Waals surface area contributed by atoms with Gasteiger partial charge in [0.05, 0.1) is 11.6 Å². The first-order chi connectivity index (χ1) is 5.49. The molecule has 1 aliphatic heterocycles. The lowest BCUT2D eigenvalue weighted by atomic mass is 10.1. The number of ether oxygens (including phenoxy) is 1. The fraction of sp³-hybridized carbons (Fsp3) is 1.00. The van der Waals surface area contributed by atoms with E-state index in [0.29, 0.717) is 0 Å². The normalized spacial score (nSPS) is 27.5. The highest BCUT2D eigenvalue weighted by Crippen LogP contribution is 2.16. The summed E-state index contributed by atoms with van der Waals surface area (Å²) in [6, 6.07) is 0.129. The molecule has 0 aromatic heterocycles. The van der Waals surface area contributed by atoms with Crippen molar-refractivity contribution in [1.82, 2.24) is 5.32 Å². The zero-order valence-corrected chi connectivity index (χ0v) is 8.13. The summed E-state index contributed by atoms with van der Waals surface area (Å²) in [6.07, 6.45) is 1.49. The van der Waals surface area contributed by atoms with Crippen LogP contribution < -0.4 is 5.32 Å². The Kier molecular flexibility index (Phi) is 3.09. The fourth-order valence-corrected chi connectivity index (χ4v) is 1.40. The molecule has 0 aliphatic carbocycles. The van der Waals surface area contributed by atoms with Crippen LogP contribution >= 0.6 is 0 Å². The second kappa shape index (κ2) is 3.73. The largest absolute Gasteiger partial charge is 0.367 e. The maximum atomic E-state index is 9.60. The Morgan fingerprint density at radius 3 is 2.58 bits per heavy atom. The van der Waals surface area contributed by atoms with Crippen molar-refractivity contribution in [2.75, 3.05) is 6.54 Å². The Morgan fingerprint density at radius 1 is 1.50 bits per heavy atom. The van der Waals surface area contributed by atoms with E-state index in [1.807, 2.05) is 20.8 Å². The molecule has 0 radical (unpaired) electrons. The molecule has 0 saturated carbocycles. The molecule has 0 spiro atoms. The number of hydrogen-bond acceptors (Lipinski definition) is 3. The first kappa shape index (κ1) is 9.96. The van der Waals surface area contributed by atoms with Gasteiger partial charge in [0.1, 0.15) is 0 Å². The summed E-state index contributed by atoms with van der Waals surface area (Å²) in [5, 5.41) is 12.8. The molecule has 1 aliphatic rings. The van der Waals surface area contributed by atoms with E-state index in [1.54, 1.807) is 0 Å². The lowest BCUT2D eigenvalue weighted by Crippen LogP contribution is -2.41. The van der Waals surface area contributed by atoms with Crippen LogP contribution in [0.15, 0.2) is 0 Å². The summed E-state index contributed by atoms with van der Waals surface area (Å²) >= 11 is 0. The third-order valence-corrected chi connectivity index (χ3v) is 1.92. The molecule has 12 heavy (non-hydrogen) atoms. The van der Waals surface area contributed by atoms with Crippen molar-refractivity contribution in [1.29, 1.82) is 0 Å². The molecule has 2 N–H and O–H groups in total. The Balaban J connectivity index is 2.31. The highest BCUT2D eigenvalue weighted by molar-refractivity contribution is 4.78. The third kappa shape index (κ3) is 3.09. The van der Waals surface area contributed by atoms with Crippen molar-refractivity contribution in [2.45, 2.75) is 51.5 Å². The molecule has 1 heterocycles. The van der Waals surface area contributed by atoms with Crippen LogP contribution in [0.3, 0.4) is 0 Å². The highest BCUT2D eigenvalue weighted by Gasteiger charge is 2.26. The highest BCUT2D eigenvalue weighted by atomic mass is 16.6. The van der Waals surface area contributed by atoms with Crippen LogP contribution in [0.1, 0.15) is 33.6 Å². The van der Waals surface area contributed by atoms with Crippen molar-refractivity contribution in [3.8, 4) is 0 Å². The molecule has 0 aromatic carbocycles. The number of aliphatic hydroxyl groups excluding tert-OH is 1. The second-order valence-corrected chi connectivity index (χ2v) is 4.32. The van der Waals surface area contributed by atoms with Crippen molar-refractivity contribution in [3.63, 3.8) is 0 Å². The van der Waals surface area contributed by atoms with E-state index in [-0.39, 0.29) is 11.6 Å². The Morgan fingerprint density at radius 2 is 2.17 bits per heavy atom. The van der Waals surface area contributed by atoms with Crippen LogP contribution in [0, 0.1) is 0 Å². The smallest absolute Gasteiger partial charge is 0.170 e. The number of aliphatic hydroxyl groups is 1. The predicted molar refractivity (Wildman–Crippen MR) is 47.9 cm³/mol. The number of nitrogens with one attached hydrogen (secondary N) is 1. The summed E-state index contributed by atoms with van der Waals surface area (Å²) in [5.41, 5.74) is -0.260. The zero-order valence-electron chi connectivity index (χ0n) is 8.13. The van der Waals surface area contributed by atoms with Gasteiger partial charge in [0.2, 0.25) is 0 Å². The summed E-state index contributed by atoms with van der Waals surface area (Å²) in [4.78, 5) is 0. The van der Waals surface area contributed by atoms with Gasteiger partial charge in [-0.05, 0) is 40.2 Å². The SMILES string of the molecule is CC(C)(C)OC(O)C1CCCN1. The van der Waals surface area contributed by atoms with Gasteiger partial charge in [-0.25, -0.2) is 0 Å². The van der Waals surface area contributed by atoms with Crippen LogP contribution in [0.5, 0.6) is 0 Å². The first-order valence-corrected chi connectivity index (χ1v) is 4.58. The molecule has 1 rings (SSSR count). The van der Waals surface area contributed by atoms with Gasteiger partial charge in [0, 0.05) is 0 Å². The first-order valence-electron chi connectivity index (χ1n) is 4.58.